The number of para-hydroxylation sites is 1. The van der Waals surface area contributed by atoms with Crippen LogP contribution in [0.4, 0.5) is 0 Å². The lowest BCUT2D eigenvalue weighted by Gasteiger charge is -2.34. The Bertz CT molecular complexity index is 450. The van der Waals surface area contributed by atoms with E-state index in [1.807, 2.05) is 30.3 Å². The molecule has 0 atom stereocenters. The average Bonchev–Trinajstić information content (AvgIpc) is 2.54. The van der Waals surface area contributed by atoms with Crippen molar-refractivity contribution in [2.75, 3.05) is 39.5 Å². The van der Waals surface area contributed by atoms with Gasteiger partial charge in [0.15, 0.2) is 0 Å². The third-order valence-electron chi connectivity index (χ3n) is 4.00. The van der Waals surface area contributed by atoms with Crippen LogP contribution in [0.5, 0.6) is 5.75 Å². The lowest BCUT2D eigenvalue weighted by molar-refractivity contribution is -0.126. The number of ether oxygens (including phenoxy) is 2. The normalized spacial score (nSPS) is 16.2. The smallest absolute Gasteiger partial charge is 0.246 e. The number of hydrogen-bond donors (Lipinski definition) is 2. The summed E-state index contributed by atoms with van der Waals surface area (Å²) in [6.07, 6.45) is 2.19. The van der Waals surface area contributed by atoms with Gasteiger partial charge in [0.25, 0.3) is 0 Å². The zero-order valence-electron chi connectivity index (χ0n) is 13.7. The van der Waals surface area contributed by atoms with Crippen LogP contribution in [0.1, 0.15) is 19.8 Å². The molecule has 1 saturated heterocycles. The summed E-state index contributed by atoms with van der Waals surface area (Å²) in [5.74, 6) is 0.758. The minimum Gasteiger partial charge on any atom is -0.491 e. The van der Waals surface area contributed by atoms with Crippen molar-refractivity contribution in [1.82, 2.24) is 10.6 Å². The first-order valence-corrected chi connectivity index (χ1v) is 7.91. The molecule has 6 heteroatoms. The van der Waals surface area contributed by atoms with Crippen molar-refractivity contribution in [3.05, 3.63) is 30.3 Å². The van der Waals surface area contributed by atoms with E-state index in [1.54, 1.807) is 0 Å². The number of carbonyl (C=O) groups is 1. The molecule has 1 aliphatic rings. The van der Waals surface area contributed by atoms with Crippen LogP contribution in [-0.2, 0) is 9.53 Å². The maximum absolute atomic E-state index is 11.8. The van der Waals surface area contributed by atoms with Gasteiger partial charge in [-0.2, -0.15) is 0 Å². The third-order valence-corrected chi connectivity index (χ3v) is 4.00. The van der Waals surface area contributed by atoms with E-state index in [-0.39, 0.29) is 30.3 Å². The number of amides is 1. The molecular weight excluding hydrogens is 316 g/mol. The monoisotopic (exact) mass is 342 g/mol. The Balaban J connectivity index is 0.00000264. The van der Waals surface area contributed by atoms with Crippen molar-refractivity contribution in [3.8, 4) is 5.75 Å². The van der Waals surface area contributed by atoms with Gasteiger partial charge in [0, 0.05) is 6.54 Å². The predicted molar refractivity (Wildman–Crippen MR) is 93.2 cm³/mol. The molecule has 1 aliphatic heterocycles. The molecule has 0 aliphatic carbocycles. The number of nitrogens with one attached hydrogen (secondary N) is 2. The highest BCUT2D eigenvalue weighted by Gasteiger charge is 2.26. The van der Waals surface area contributed by atoms with Crippen LogP contribution >= 0.6 is 12.4 Å². The van der Waals surface area contributed by atoms with Crippen LogP contribution < -0.4 is 15.4 Å². The van der Waals surface area contributed by atoms with Crippen molar-refractivity contribution in [3.63, 3.8) is 0 Å². The third kappa shape index (κ3) is 7.68. The average molecular weight is 343 g/mol. The molecule has 0 radical (unpaired) electrons. The lowest BCUT2D eigenvalue weighted by Crippen LogP contribution is -2.43. The molecular formula is C17H27ClN2O3. The summed E-state index contributed by atoms with van der Waals surface area (Å²) in [5.41, 5.74) is 0.206. The highest BCUT2D eigenvalue weighted by Crippen LogP contribution is 2.26. The molecule has 1 heterocycles. The number of rotatable bonds is 8. The molecule has 23 heavy (non-hydrogen) atoms. The molecule has 2 N–H and O–H groups in total. The SMILES string of the molecule is CC1(CNC(=O)COCCOc2ccccc2)CCNCC1.Cl. The highest BCUT2D eigenvalue weighted by molar-refractivity contribution is 5.85. The maximum Gasteiger partial charge on any atom is 0.246 e. The van der Waals surface area contributed by atoms with Crippen LogP contribution in [0.3, 0.4) is 0 Å². The topological polar surface area (TPSA) is 59.6 Å². The van der Waals surface area contributed by atoms with E-state index in [0.717, 1.165) is 38.2 Å². The Morgan fingerprint density at radius 1 is 1.22 bits per heavy atom. The summed E-state index contributed by atoms with van der Waals surface area (Å²) >= 11 is 0. The molecule has 5 nitrogen and oxygen atoms in total. The molecule has 1 fully saturated rings. The second kappa shape index (κ2) is 10.5. The highest BCUT2D eigenvalue weighted by atomic mass is 35.5. The fourth-order valence-electron chi connectivity index (χ4n) is 2.47. The second-order valence-electron chi connectivity index (χ2n) is 6.05. The standard InChI is InChI=1S/C17H26N2O3.ClH/c1-17(7-9-18-10-8-17)14-19-16(20)13-21-11-12-22-15-5-3-2-4-6-15;/h2-6,18H,7-14H2,1H3,(H,19,20);1H. The van der Waals surface area contributed by atoms with E-state index < -0.39 is 0 Å². The first-order valence-electron chi connectivity index (χ1n) is 7.91. The molecule has 0 spiro atoms. The Morgan fingerprint density at radius 2 is 1.91 bits per heavy atom. The lowest BCUT2D eigenvalue weighted by atomic mass is 9.81. The van der Waals surface area contributed by atoms with Crippen molar-refractivity contribution in [2.24, 2.45) is 5.41 Å². The zero-order valence-corrected chi connectivity index (χ0v) is 14.5. The molecule has 130 valence electrons. The van der Waals surface area contributed by atoms with E-state index in [1.165, 1.54) is 0 Å². The Hall–Kier alpha value is -1.30. The van der Waals surface area contributed by atoms with E-state index in [9.17, 15) is 4.79 Å². The minimum absolute atomic E-state index is 0. The fraction of sp³-hybridized carbons (Fsp3) is 0.588. The van der Waals surface area contributed by atoms with Gasteiger partial charge in [-0.25, -0.2) is 0 Å². The zero-order chi connectivity index (χ0) is 15.7. The van der Waals surface area contributed by atoms with E-state index in [2.05, 4.69) is 17.6 Å². The summed E-state index contributed by atoms with van der Waals surface area (Å²) in [6, 6.07) is 9.57. The molecule has 0 saturated carbocycles. The Labute approximate surface area is 144 Å². The van der Waals surface area contributed by atoms with Gasteiger partial charge in [-0.05, 0) is 43.5 Å². The van der Waals surface area contributed by atoms with E-state index in [0.29, 0.717) is 13.2 Å². The summed E-state index contributed by atoms with van der Waals surface area (Å²) in [7, 11) is 0. The molecule has 0 bridgehead atoms. The minimum atomic E-state index is -0.0560. The summed E-state index contributed by atoms with van der Waals surface area (Å²) in [6.45, 7) is 5.94. The van der Waals surface area contributed by atoms with Gasteiger partial charge in [0.05, 0.1) is 6.61 Å². The Kier molecular flexibility index (Phi) is 8.99. The van der Waals surface area contributed by atoms with Crippen molar-refractivity contribution < 1.29 is 14.3 Å². The van der Waals surface area contributed by atoms with Gasteiger partial charge >= 0.3 is 0 Å². The largest absolute Gasteiger partial charge is 0.491 e. The van der Waals surface area contributed by atoms with Crippen molar-refractivity contribution in [1.29, 1.82) is 0 Å². The van der Waals surface area contributed by atoms with E-state index >= 15 is 0 Å². The molecule has 1 aromatic rings. The van der Waals surface area contributed by atoms with Crippen molar-refractivity contribution in [2.45, 2.75) is 19.8 Å². The summed E-state index contributed by atoms with van der Waals surface area (Å²) in [4.78, 5) is 11.8. The van der Waals surface area contributed by atoms with Gasteiger partial charge < -0.3 is 20.1 Å². The van der Waals surface area contributed by atoms with Gasteiger partial charge in [0.1, 0.15) is 19.0 Å². The number of piperidine rings is 1. The first kappa shape index (κ1) is 19.7. The number of halogens is 1. The maximum atomic E-state index is 11.8. The van der Waals surface area contributed by atoms with Gasteiger partial charge in [-0.15, -0.1) is 12.4 Å². The van der Waals surface area contributed by atoms with Gasteiger partial charge in [-0.3, -0.25) is 4.79 Å². The van der Waals surface area contributed by atoms with Crippen molar-refractivity contribution >= 4 is 18.3 Å². The van der Waals surface area contributed by atoms with Gasteiger partial charge in [-0.1, -0.05) is 25.1 Å². The van der Waals surface area contributed by atoms with Crippen LogP contribution in [-0.4, -0.2) is 45.4 Å². The van der Waals surface area contributed by atoms with E-state index in [4.69, 9.17) is 9.47 Å². The first-order chi connectivity index (χ1) is 10.7. The molecule has 1 amide bonds. The number of hydrogen-bond acceptors (Lipinski definition) is 4. The molecule has 0 aromatic heterocycles. The summed E-state index contributed by atoms with van der Waals surface area (Å²) in [5, 5.41) is 6.31. The van der Waals surface area contributed by atoms with Gasteiger partial charge in [0.2, 0.25) is 5.91 Å². The van der Waals surface area contributed by atoms with Crippen LogP contribution in [0, 0.1) is 5.41 Å². The quantitative estimate of drug-likeness (QED) is 0.709. The molecule has 1 aromatic carbocycles. The molecule has 0 unspecified atom stereocenters. The van der Waals surface area contributed by atoms with Crippen LogP contribution in [0.15, 0.2) is 30.3 Å². The Morgan fingerprint density at radius 3 is 2.61 bits per heavy atom. The summed E-state index contributed by atoms with van der Waals surface area (Å²) < 4.78 is 10.8. The second-order valence-corrected chi connectivity index (χ2v) is 6.05. The fourth-order valence-corrected chi connectivity index (χ4v) is 2.47. The molecule has 2 rings (SSSR count). The van der Waals surface area contributed by atoms with Crippen LogP contribution in [0.25, 0.3) is 0 Å². The number of benzene rings is 1. The number of carbonyl (C=O) groups excluding carboxylic acids is 1. The van der Waals surface area contributed by atoms with Crippen LogP contribution in [0.2, 0.25) is 0 Å². The predicted octanol–water partition coefficient (Wildman–Crippen LogP) is 2.01.